The SMILES string of the molecule is CCC1[C@@H]2CN(C(=O)[C@H](C(C)C)NC(=O)O[C@@H]3CCC[C@H]3CCCCC(F)(F)c3c(nc4cc(OC)ccc4c3C(F)(F)F)O2)[C@@H]1C(C)=O. The number of rotatable bonds is 4. The van der Waals surface area contributed by atoms with Gasteiger partial charge in [0.25, 0.3) is 5.92 Å². The summed E-state index contributed by atoms with van der Waals surface area (Å²) in [4.78, 5) is 45.8. The zero-order chi connectivity index (χ0) is 35.8. The van der Waals surface area contributed by atoms with E-state index in [0.29, 0.717) is 19.3 Å². The van der Waals surface area contributed by atoms with Gasteiger partial charge < -0.3 is 24.4 Å². The smallest absolute Gasteiger partial charge is 0.417 e. The number of alkyl halides is 5. The Kier molecular flexibility index (Phi) is 10.6. The number of ketones is 1. The molecule has 2 aromatic rings. The maximum atomic E-state index is 16.4. The number of Topliss-reactive ketones (excluding diaryl/α,β-unsaturated/α-hetero) is 1. The number of methoxy groups -OCH3 is 1. The summed E-state index contributed by atoms with van der Waals surface area (Å²) >= 11 is 0. The predicted molar refractivity (Wildman–Crippen MR) is 169 cm³/mol. The van der Waals surface area contributed by atoms with E-state index in [0.717, 1.165) is 12.5 Å². The molecule has 3 aliphatic rings. The summed E-state index contributed by atoms with van der Waals surface area (Å²) < 4.78 is 94.7. The van der Waals surface area contributed by atoms with Gasteiger partial charge in [-0.15, -0.1) is 0 Å². The van der Waals surface area contributed by atoms with Crippen LogP contribution in [0.3, 0.4) is 0 Å². The lowest BCUT2D eigenvalue weighted by Crippen LogP contribution is -2.54. The van der Waals surface area contributed by atoms with E-state index in [4.69, 9.17) is 14.2 Å². The molecule has 6 atom stereocenters. The standard InChI is InChI=1S/C35H44F5N3O6/c1-6-22-26-17-43(30(22)19(4)44)32(45)29(18(2)3)42-33(46)49-25-12-9-11-20(25)10-7-8-15-34(36,37)28-27(35(38,39)40)23-14-13-21(47-5)16-24(23)41-31(28)48-26/h13-14,16,18,20,22,25-26,29-30H,6-12,15,17H2,1-5H3,(H,42,46)/t20-,22?,25-,26+,29+,30-/m1/s1. The fraction of sp³-hybridized carbons (Fsp3) is 0.657. The summed E-state index contributed by atoms with van der Waals surface area (Å²) in [6.07, 6.45) is -5.75. The molecule has 1 aliphatic carbocycles. The number of ether oxygens (including phenoxy) is 3. The molecule has 2 aliphatic heterocycles. The lowest BCUT2D eigenvalue weighted by Gasteiger charge is -2.31. The molecule has 2 amide bonds. The fourth-order valence-electron chi connectivity index (χ4n) is 7.81. The zero-order valence-corrected chi connectivity index (χ0v) is 28.4. The van der Waals surface area contributed by atoms with Gasteiger partial charge in [-0.2, -0.15) is 13.2 Å². The lowest BCUT2D eigenvalue weighted by atomic mass is 9.91. The van der Waals surface area contributed by atoms with Crippen molar-refractivity contribution in [2.45, 2.75) is 115 Å². The van der Waals surface area contributed by atoms with Crippen molar-refractivity contribution in [1.82, 2.24) is 15.2 Å². The molecule has 1 saturated carbocycles. The van der Waals surface area contributed by atoms with E-state index >= 15 is 8.78 Å². The van der Waals surface area contributed by atoms with Crippen molar-refractivity contribution in [2.75, 3.05) is 13.7 Å². The molecule has 2 fully saturated rings. The van der Waals surface area contributed by atoms with E-state index in [1.807, 2.05) is 0 Å². The first-order valence-electron chi connectivity index (χ1n) is 17.0. The van der Waals surface area contributed by atoms with Crippen LogP contribution < -0.4 is 14.8 Å². The van der Waals surface area contributed by atoms with Crippen molar-refractivity contribution in [1.29, 1.82) is 0 Å². The second-order valence-electron chi connectivity index (χ2n) is 13.8. The monoisotopic (exact) mass is 697 g/mol. The van der Waals surface area contributed by atoms with Gasteiger partial charge in [-0.1, -0.05) is 27.2 Å². The third-order valence-electron chi connectivity index (χ3n) is 10.2. The van der Waals surface area contributed by atoms with E-state index < -0.39 is 94.8 Å². The molecular weight excluding hydrogens is 653 g/mol. The normalized spacial score (nSPS) is 28.2. The van der Waals surface area contributed by atoms with Gasteiger partial charge in [0.1, 0.15) is 24.0 Å². The number of amides is 2. The van der Waals surface area contributed by atoms with Gasteiger partial charge in [0.2, 0.25) is 11.8 Å². The number of carbonyl (C=O) groups excluding carboxylic acids is 3. The third kappa shape index (κ3) is 7.42. The minimum atomic E-state index is -5.22. The molecule has 0 spiro atoms. The van der Waals surface area contributed by atoms with Crippen LogP contribution in [0.25, 0.3) is 10.9 Å². The number of carbonyl (C=O) groups is 3. The van der Waals surface area contributed by atoms with Crippen molar-refractivity contribution >= 4 is 28.7 Å². The molecule has 1 N–H and O–H groups in total. The van der Waals surface area contributed by atoms with Crippen molar-refractivity contribution in [3.63, 3.8) is 0 Å². The molecule has 0 radical (unpaired) electrons. The van der Waals surface area contributed by atoms with E-state index in [2.05, 4.69) is 10.3 Å². The average molecular weight is 698 g/mol. The molecule has 270 valence electrons. The number of fused-ring (bicyclic) bond motifs is 5. The van der Waals surface area contributed by atoms with Crippen molar-refractivity contribution in [3.05, 3.63) is 29.3 Å². The van der Waals surface area contributed by atoms with Crippen LogP contribution in [0.1, 0.15) is 90.2 Å². The molecule has 14 heteroatoms. The van der Waals surface area contributed by atoms with Crippen molar-refractivity contribution in [3.8, 4) is 11.6 Å². The van der Waals surface area contributed by atoms with E-state index in [-0.39, 0.29) is 43.0 Å². The van der Waals surface area contributed by atoms with Crippen LogP contribution in [-0.2, 0) is 26.4 Å². The number of halogens is 5. The number of hydrogen-bond acceptors (Lipinski definition) is 7. The number of aromatic nitrogens is 1. The van der Waals surface area contributed by atoms with Gasteiger partial charge in [-0.05, 0) is 69.4 Å². The Morgan fingerprint density at radius 2 is 1.82 bits per heavy atom. The first kappa shape index (κ1) is 36.6. The second kappa shape index (κ2) is 14.3. The lowest BCUT2D eigenvalue weighted by molar-refractivity contribution is -0.141. The Bertz CT molecular complexity index is 1570. The van der Waals surface area contributed by atoms with Gasteiger partial charge in [-0.25, -0.2) is 18.6 Å². The molecule has 5 rings (SSSR count). The number of alkyl carbamates (subject to hydrolysis) is 1. The fourth-order valence-corrected chi connectivity index (χ4v) is 7.81. The highest BCUT2D eigenvalue weighted by Crippen LogP contribution is 2.50. The number of pyridine rings is 1. The van der Waals surface area contributed by atoms with Gasteiger partial charge in [-0.3, -0.25) is 9.59 Å². The molecule has 2 bridgehead atoms. The summed E-state index contributed by atoms with van der Waals surface area (Å²) in [5.41, 5.74) is -3.18. The highest BCUT2D eigenvalue weighted by Gasteiger charge is 2.52. The van der Waals surface area contributed by atoms with Crippen LogP contribution >= 0.6 is 0 Å². The molecule has 3 heterocycles. The highest BCUT2D eigenvalue weighted by molar-refractivity contribution is 5.92. The topological polar surface area (TPSA) is 107 Å². The van der Waals surface area contributed by atoms with Crippen LogP contribution in [0, 0.1) is 17.8 Å². The van der Waals surface area contributed by atoms with Crippen LogP contribution in [0.4, 0.5) is 26.7 Å². The molecule has 49 heavy (non-hydrogen) atoms. The van der Waals surface area contributed by atoms with Gasteiger partial charge in [0.05, 0.1) is 36.3 Å². The molecule has 1 aromatic heterocycles. The molecule has 1 saturated heterocycles. The third-order valence-corrected chi connectivity index (χ3v) is 10.2. The molecular formula is C35H44F5N3O6. The number of nitrogens with zero attached hydrogens (tertiary/aromatic N) is 2. The van der Waals surface area contributed by atoms with Gasteiger partial charge in [0, 0.05) is 23.8 Å². The van der Waals surface area contributed by atoms with E-state index in [9.17, 15) is 27.6 Å². The Balaban J connectivity index is 1.69. The Hall–Kier alpha value is -3.71. The number of nitrogens with one attached hydrogen (secondary N) is 1. The van der Waals surface area contributed by atoms with E-state index in [1.54, 1.807) is 20.8 Å². The summed E-state index contributed by atoms with van der Waals surface area (Å²) in [7, 11) is 1.31. The predicted octanol–water partition coefficient (Wildman–Crippen LogP) is 7.42. The first-order chi connectivity index (χ1) is 23.1. The zero-order valence-electron chi connectivity index (χ0n) is 28.4. The number of benzene rings is 1. The van der Waals surface area contributed by atoms with Crippen LogP contribution in [0.5, 0.6) is 11.6 Å². The Morgan fingerprint density at radius 3 is 2.45 bits per heavy atom. The minimum Gasteiger partial charge on any atom is -0.497 e. The largest absolute Gasteiger partial charge is 0.497 e. The van der Waals surface area contributed by atoms with Crippen LogP contribution in [0.15, 0.2) is 18.2 Å². The molecule has 1 unspecified atom stereocenters. The maximum Gasteiger partial charge on any atom is 0.417 e. The minimum absolute atomic E-state index is 0.106. The van der Waals surface area contributed by atoms with Crippen LogP contribution in [-0.4, -0.2) is 65.6 Å². The van der Waals surface area contributed by atoms with Crippen LogP contribution in [0.2, 0.25) is 0 Å². The van der Waals surface area contributed by atoms with Gasteiger partial charge in [0.15, 0.2) is 5.78 Å². The van der Waals surface area contributed by atoms with Crippen molar-refractivity contribution in [2.24, 2.45) is 17.8 Å². The summed E-state index contributed by atoms with van der Waals surface area (Å²) in [6, 6.07) is 1.33. The molecule has 9 nitrogen and oxygen atoms in total. The Labute approximate surface area is 282 Å². The Morgan fingerprint density at radius 1 is 1.10 bits per heavy atom. The summed E-state index contributed by atoms with van der Waals surface area (Å²) in [5.74, 6) is -7.13. The highest BCUT2D eigenvalue weighted by atomic mass is 19.4. The number of hydrogen-bond donors (Lipinski definition) is 1. The van der Waals surface area contributed by atoms with E-state index in [1.165, 1.54) is 31.1 Å². The molecule has 1 aromatic carbocycles. The quantitative estimate of drug-likeness (QED) is 0.332. The summed E-state index contributed by atoms with van der Waals surface area (Å²) in [5, 5.41) is 2.16. The average Bonchev–Trinajstić information content (AvgIpc) is 3.63. The second-order valence-corrected chi connectivity index (χ2v) is 13.8. The van der Waals surface area contributed by atoms with Gasteiger partial charge >= 0.3 is 12.3 Å². The first-order valence-corrected chi connectivity index (χ1v) is 17.0. The van der Waals surface area contributed by atoms with Crippen molar-refractivity contribution < 1.29 is 50.5 Å². The summed E-state index contributed by atoms with van der Waals surface area (Å²) in [6.45, 7) is 6.12. The maximum absolute atomic E-state index is 16.4.